The molecule has 3 nitrogen and oxygen atoms in total. The molecule has 0 unspecified atom stereocenters. The first-order valence-electron chi connectivity index (χ1n) is 7.67. The number of nitrogens with zero attached hydrogens (tertiary/aromatic N) is 1. The van der Waals surface area contributed by atoms with Crippen LogP contribution >= 0.6 is 15.9 Å². The van der Waals surface area contributed by atoms with Crippen molar-refractivity contribution < 1.29 is 4.79 Å². The van der Waals surface area contributed by atoms with Gasteiger partial charge in [-0.3, -0.25) is 4.79 Å². The van der Waals surface area contributed by atoms with Gasteiger partial charge in [-0.1, -0.05) is 31.4 Å². The zero-order valence-corrected chi connectivity index (χ0v) is 14.8. The molecule has 2 rings (SSSR count). The third-order valence-electron chi connectivity index (χ3n) is 4.75. The van der Waals surface area contributed by atoms with Crippen molar-refractivity contribution in [3.05, 3.63) is 33.8 Å². The smallest absolute Gasteiger partial charge is 0.252 e. The third kappa shape index (κ3) is 3.67. The number of benzene rings is 1. The molecule has 0 saturated heterocycles. The lowest BCUT2D eigenvalue weighted by Gasteiger charge is -2.43. The molecule has 116 valence electrons. The van der Waals surface area contributed by atoms with Gasteiger partial charge in [0.1, 0.15) is 0 Å². The number of carbonyl (C=O) groups is 1. The maximum absolute atomic E-state index is 12.5. The number of aryl methyl sites for hydroxylation is 1. The van der Waals surface area contributed by atoms with Crippen molar-refractivity contribution in [2.24, 2.45) is 0 Å². The average molecular weight is 353 g/mol. The van der Waals surface area contributed by atoms with Gasteiger partial charge in [-0.05, 0) is 61.4 Å². The molecule has 1 aromatic rings. The molecule has 0 aromatic heterocycles. The molecule has 1 aromatic carbocycles. The fourth-order valence-electron chi connectivity index (χ4n) is 3.15. The van der Waals surface area contributed by atoms with Gasteiger partial charge in [-0.25, -0.2) is 0 Å². The van der Waals surface area contributed by atoms with Crippen LogP contribution in [0.2, 0.25) is 0 Å². The van der Waals surface area contributed by atoms with E-state index < -0.39 is 0 Å². The molecule has 1 aliphatic rings. The average Bonchev–Trinajstić information content (AvgIpc) is 2.48. The predicted octanol–water partition coefficient (Wildman–Crippen LogP) is 3.75. The van der Waals surface area contributed by atoms with Crippen LogP contribution in [0.1, 0.15) is 48.0 Å². The SMILES string of the molecule is Cc1cccc(C(=O)NCC2(N(C)C)CCCCC2)c1Br. The number of likely N-dealkylation sites (N-methyl/N-ethyl adjacent to an activating group) is 1. The van der Waals surface area contributed by atoms with Crippen molar-refractivity contribution in [1.29, 1.82) is 0 Å². The van der Waals surface area contributed by atoms with Crippen molar-refractivity contribution in [1.82, 2.24) is 10.2 Å². The summed E-state index contributed by atoms with van der Waals surface area (Å²) in [4.78, 5) is 14.8. The quantitative estimate of drug-likeness (QED) is 0.894. The molecule has 0 radical (unpaired) electrons. The van der Waals surface area contributed by atoms with E-state index in [0.717, 1.165) is 35.0 Å². The minimum Gasteiger partial charge on any atom is -0.350 e. The molecule has 0 bridgehead atoms. The van der Waals surface area contributed by atoms with E-state index in [2.05, 4.69) is 40.2 Å². The lowest BCUT2D eigenvalue weighted by Crippen LogP contribution is -2.53. The molecule has 0 atom stereocenters. The monoisotopic (exact) mass is 352 g/mol. The van der Waals surface area contributed by atoms with Gasteiger partial charge in [0.05, 0.1) is 5.56 Å². The highest BCUT2D eigenvalue weighted by atomic mass is 79.9. The van der Waals surface area contributed by atoms with Crippen LogP contribution < -0.4 is 5.32 Å². The molecule has 1 aliphatic carbocycles. The van der Waals surface area contributed by atoms with Crippen molar-refractivity contribution in [3.8, 4) is 0 Å². The lowest BCUT2D eigenvalue weighted by molar-refractivity contribution is 0.0799. The fourth-order valence-corrected chi connectivity index (χ4v) is 3.60. The van der Waals surface area contributed by atoms with Crippen LogP contribution in [0.3, 0.4) is 0 Å². The minimum absolute atomic E-state index is 0.0115. The van der Waals surface area contributed by atoms with Crippen LogP contribution in [0.25, 0.3) is 0 Å². The standard InChI is InChI=1S/C17H25BrN2O/c1-13-8-7-9-14(15(13)18)16(21)19-12-17(20(2)3)10-5-4-6-11-17/h7-9H,4-6,10-12H2,1-3H3,(H,19,21). The lowest BCUT2D eigenvalue weighted by atomic mass is 9.80. The van der Waals surface area contributed by atoms with E-state index in [1.165, 1.54) is 19.3 Å². The third-order valence-corrected chi connectivity index (χ3v) is 5.80. The summed E-state index contributed by atoms with van der Waals surface area (Å²) in [7, 11) is 4.25. The Labute approximate surface area is 136 Å². The zero-order valence-electron chi connectivity index (χ0n) is 13.2. The van der Waals surface area contributed by atoms with E-state index in [0.29, 0.717) is 0 Å². The summed E-state index contributed by atoms with van der Waals surface area (Å²) in [5.41, 5.74) is 1.92. The molecule has 0 heterocycles. The Kier molecular flexibility index (Phi) is 5.44. The van der Waals surface area contributed by atoms with Gasteiger partial charge in [0, 0.05) is 16.6 Å². The first-order valence-corrected chi connectivity index (χ1v) is 8.46. The van der Waals surface area contributed by atoms with E-state index in [9.17, 15) is 4.79 Å². The molecule has 4 heteroatoms. The molecule has 1 amide bonds. The normalized spacial score (nSPS) is 17.8. The summed E-state index contributed by atoms with van der Waals surface area (Å²) in [5, 5.41) is 3.15. The Morgan fingerprint density at radius 1 is 1.29 bits per heavy atom. The summed E-state index contributed by atoms with van der Waals surface area (Å²) in [6.45, 7) is 2.72. The number of amides is 1. The molecule has 21 heavy (non-hydrogen) atoms. The highest BCUT2D eigenvalue weighted by Gasteiger charge is 2.34. The van der Waals surface area contributed by atoms with Gasteiger partial charge in [-0.2, -0.15) is 0 Å². The number of hydrogen-bond donors (Lipinski definition) is 1. The summed E-state index contributed by atoms with van der Waals surface area (Å²) in [6, 6.07) is 5.80. The van der Waals surface area contributed by atoms with Crippen LogP contribution in [0.15, 0.2) is 22.7 Å². The molecule has 1 N–H and O–H groups in total. The highest BCUT2D eigenvalue weighted by molar-refractivity contribution is 9.10. The van der Waals surface area contributed by atoms with Crippen molar-refractivity contribution >= 4 is 21.8 Å². The Morgan fingerprint density at radius 3 is 2.57 bits per heavy atom. The van der Waals surface area contributed by atoms with Crippen molar-refractivity contribution in [3.63, 3.8) is 0 Å². The van der Waals surface area contributed by atoms with Crippen LogP contribution in [0, 0.1) is 6.92 Å². The van der Waals surface area contributed by atoms with Gasteiger partial charge in [0.2, 0.25) is 0 Å². The fraction of sp³-hybridized carbons (Fsp3) is 0.588. The van der Waals surface area contributed by atoms with E-state index >= 15 is 0 Å². The first-order chi connectivity index (χ1) is 9.96. The predicted molar refractivity (Wildman–Crippen MR) is 90.7 cm³/mol. The Morgan fingerprint density at radius 2 is 1.95 bits per heavy atom. The Hall–Kier alpha value is -0.870. The van der Waals surface area contributed by atoms with Gasteiger partial charge >= 0.3 is 0 Å². The van der Waals surface area contributed by atoms with Crippen molar-refractivity contribution in [2.75, 3.05) is 20.6 Å². The van der Waals surface area contributed by atoms with E-state index in [1.807, 2.05) is 25.1 Å². The topological polar surface area (TPSA) is 32.3 Å². The second-order valence-corrected chi connectivity index (χ2v) is 7.09. The van der Waals surface area contributed by atoms with Crippen LogP contribution in [0.5, 0.6) is 0 Å². The summed E-state index contributed by atoms with van der Waals surface area (Å²) < 4.78 is 0.894. The second-order valence-electron chi connectivity index (χ2n) is 6.30. The van der Waals surface area contributed by atoms with Crippen LogP contribution in [0.4, 0.5) is 0 Å². The molecule has 0 spiro atoms. The summed E-state index contributed by atoms with van der Waals surface area (Å²) in [5.74, 6) is 0.0115. The number of nitrogens with one attached hydrogen (secondary N) is 1. The minimum atomic E-state index is 0.0115. The highest BCUT2D eigenvalue weighted by Crippen LogP contribution is 2.31. The summed E-state index contributed by atoms with van der Waals surface area (Å²) >= 11 is 3.52. The molecular formula is C17H25BrN2O. The number of rotatable bonds is 4. The first kappa shape index (κ1) is 16.5. The van der Waals surface area contributed by atoms with Gasteiger partial charge in [-0.15, -0.1) is 0 Å². The number of hydrogen-bond acceptors (Lipinski definition) is 2. The van der Waals surface area contributed by atoms with E-state index in [-0.39, 0.29) is 11.4 Å². The van der Waals surface area contributed by atoms with E-state index in [4.69, 9.17) is 0 Å². The van der Waals surface area contributed by atoms with Crippen LogP contribution in [-0.4, -0.2) is 37.0 Å². The largest absolute Gasteiger partial charge is 0.350 e. The number of carbonyl (C=O) groups excluding carboxylic acids is 1. The molecule has 0 aliphatic heterocycles. The van der Waals surface area contributed by atoms with Crippen molar-refractivity contribution in [2.45, 2.75) is 44.6 Å². The second kappa shape index (κ2) is 6.93. The molecule has 1 saturated carbocycles. The zero-order chi connectivity index (χ0) is 15.5. The Bertz CT molecular complexity index is 508. The van der Waals surface area contributed by atoms with Gasteiger partial charge < -0.3 is 10.2 Å². The number of halogens is 1. The van der Waals surface area contributed by atoms with Gasteiger partial charge in [0.15, 0.2) is 0 Å². The molecular weight excluding hydrogens is 328 g/mol. The van der Waals surface area contributed by atoms with E-state index in [1.54, 1.807) is 0 Å². The maximum Gasteiger partial charge on any atom is 0.252 e. The maximum atomic E-state index is 12.5. The Balaban J connectivity index is 2.07. The van der Waals surface area contributed by atoms with Crippen LogP contribution in [-0.2, 0) is 0 Å². The molecule has 1 fully saturated rings. The van der Waals surface area contributed by atoms with Gasteiger partial charge in [0.25, 0.3) is 5.91 Å². The summed E-state index contributed by atoms with van der Waals surface area (Å²) in [6.07, 6.45) is 6.14.